The lowest BCUT2D eigenvalue weighted by Crippen LogP contribution is -1.86. The molecule has 1 aromatic carbocycles. The zero-order valence-electron chi connectivity index (χ0n) is 8.76. The van der Waals surface area contributed by atoms with Gasteiger partial charge in [-0.05, 0) is 18.2 Å². The molecule has 1 N–H and O–H groups in total. The van der Waals surface area contributed by atoms with Gasteiger partial charge in [0.2, 0.25) is 5.82 Å². The van der Waals surface area contributed by atoms with Crippen LogP contribution in [-0.2, 0) is 0 Å². The Morgan fingerprint density at radius 1 is 1.17 bits per heavy atom. The number of rotatable bonds is 2. The fourth-order valence-corrected chi connectivity index (χ4v) is 1.38. The molecule has 0 atom stereocenters. The number of aromatic nitrogens is 5. The van der Waals surface area contributed by atoms with Crippen molar-refractivity contribution in [3.63, 3.8) is 0 Å². The molecule has 0 saturated heterocycles. The molecule has 0 fully saturated rings. The first-order valence-corrected chi connectivity index (χ1v) is 4.89. The van der Waals surface area contributed by atoms with Crippen molar-refractivity contribution in [3.8, 4) is 23.1 Å². The van der Waals surface area contributed by atoms with E-state index in [-0.39, 0.29) is 17.3 Å². The van der Waals surface area contributed by atoms with E-state index >= 15 is 0 Å². The number of halogens is 2. The first kappa shape index (κ1) is 10.5. The summed E-state index contributed by atoms with van der Waals surface area (Å²) in [6, 6.07) is 3.31. The van der Waals surface area contributed by atoms with Gasteiger partial charge in [-0.2, -0.15) is 10.1 Å². The number of nitrogens with zero attached hydrogens (tertiary/aromatic N) is 4. The van der Waals surface area contributed by atoms with E-state index in [9.17, 15) is 8.78 Å². The maximum absolute atomic E-state index is 13.1. The second kappa shape index (κ2) is 3.99. The summed E-state index contributed by atoms with van der Waals surface area (Å²) in [5, 5.41) is 9.85. The van der Waals surface area contributed by atoms with Crippen molar-refractivity contribution >= 4 is 0 Å². The second-order valence-electron chi connectivity index (χ2n) is 3.39. The van der Waals surface area contributed by atoms with Crippen LogP contribution in [0.3, 0.4) is 0 Å². The van der Waals surface area contributed by atoms with Crippen LogP contribution < -0.4 is 0 Å². The van der Waals surface area contributed by atoms with Gasteiger partial charge in [0.25, 0.3) is 5.89 Å². The van der Waals surface area contributed by atoms with Gasteiger partial charge in [0.15, 0.2) is 17.5 Å². The molecule has 0 aliphatic carbocycles. The van der Waals surface area contributed by atoms with Gasteiger partial charge in [0, 0.05) is 5.56 Å². The highest BCUT2D eigenvalue weighted by atomic mass is 19.2. The van der Waals surface area contributed by atoms with Gasteiger partial charge < -0.3 is 4.52 Å². The number of hydrogen-bond acceptors (Lipinski definition) is 5. The van der Waals surface area contributed by atoms with Crippen LogP contribution in [0.5, 0.6) is 0 Å². The Labute approximate surface area is 98.7 Å². The lowest BCUT2D eigenvalue weighted by atomic mass is 10.2. The highest BCUT2D eigenvalue weighted by Crippen LogP contribution is 2.21. The van der Waals surface area contributed by atoms with Crippen molar-refractivity contribution in [2.24, 2.45) is 0 Å². The molecule has 0 saturated carbocycles. The third-order valence-electron chi connectivity index (χ3n) is 2.22. The van der Waals surface area contributed by atoms with Crippen LogP contribution in [0, 0.1) is 11.6 Å². The predicted molar refractivity (Wildman–Crippen MR) is 55.0 cm³/mol. The average Bonchev–Trinajstić information content (AvgIpc) is 3.01. The number of H-pyrrole nitrogens is 1. The fraction of sp³-hybridized carbons (Fsp3) is 0. The van der Waals surface area contributed by atoms with Crippen LogP contribution in [0.4, 0.5) is 8.78 Å². The van der Waals surface area contributed by atoms with Gasteiger partial charge in [0.1, 0.15) is 6.33 Å². The Morgan fingerprint density at radius 2 is 2.06 bits per heavy atom. The minimum Gasteiger partial charge on any atom is -0.333 e. The molecule has 18 heavy (non-hydrogen) atoms. The third-order valence-corrected chi connectivity index (χ3v) is 2.22. The number of nitrogens with one attached hydrogen (secondary N) is 1. The Hall–Kier alpha value is -2.64. The molecule has 8 heteroatoms. The van der Waals surface area contributed by atoms with Crippen molar-refractivity contribution in [1.29, 1.82) is 0 Å². The third kappa shape index (κ3) is 1.73. The van der Waals surface area contributed by atoms with Gasteiger partial charge >= 0.3 is 0 Å². The molecule has 0 unspecified atom stereocenters. The second-order valence-corrected chi connectivity index (χ2v) is 3.39. The molecule has 2 aromatic heterocycles. The van der Waals surface area contributed by atoms with E-state index in [4.69, 9.17) is 4.52 Å². The lowest BCUT2D eigenvalue weighted by Gasteiger charge is -1.95. The summed E-state index contributed by atoms with van der Waals surface area (Å²) >= 11 is 0. The van der Waals surface area contributed by atoms with Gasteiger partial charge in [-0.25, -0.2) is 13.8 Å². The Bertz CT molecular complexity index is 679. The molecular weight excluding hydrogens is 244 g/mol. The molecule has 0 bridgehead atoms. The van der Waals surface area contributed by atoms with Crippen molar-refractivity contribution in [1.82, 2.24) is 25.3 Å². The molecule has 2 heterocycles. The van der Waals surface area contributed by atoms with Crippen LogP contribution in [-0.4, -0.2) is 25.3 Å². The van der Waals surface area contributed by atoms with Crippen LogP contribution in [0.15, 0.2) is 29.0 Å². The predicted octanol–water partition coefficient (Wildman–Crippen LogP) is 1.80. The summed E-state index contributed by atoms with van der Waals surface area (Å²) in [4.78, 5) is 7.83. The zero-order valence-corrected chi connectivity index (χ0v) is 8.76. The van der Waals surface area contributed by atoms with E-state index in [1.807, 2.05) is 0 Å². The minimum absolute atomic E-state index is 0.0697. The smallest absolute Gasteiger partial charge is 0.258 e. The molecule has 0 spiro atoms. The van der Waals surface area contributed by atoms with Crippen LogP contribution in [0.2, 0.25) is 0 Å². The largest absolute Gasteiger partial charge is 0.333 e. The van der Waals surface area contributed by atoms with Crippen molar-refractivity contribution in [2.45, 2.75) is 0 Å². The summed E-state index contributed by atoms with van der Waals surface area (Å²) < 4.78 is 30.8. The standard InChI is InChI=1S/C10H5F2N5O/c11-6-2-1-5(3-7(6)12)10-15-9(17-18-10)8-13-4-14-16-8/h1-4H,(H,13,14,16). The van der Waals surface area contributed by atoms with E-state index in [1.165, 1.54) is 12.4 Å². The number of hydrogen-bond donors (Lipinski definition) is 1. The highest BCUT2D eigenvalue weighted by Gasteiger charge is 2.14. The maximum atomic E-state index is 13.1. The van der Waals surface area contributed by atoms with E-state index in [0.29, 0.717) is 5.82 Å². The summed E-state index contributed by atoms with van der Waals surface area (Å²) in [6.07, 6.45) is 1.29. The summed E-state index contributed by atoms with van der Waals surface area (Å²) in [5.74, 6) is -1.33. The Morgan fingerprint density at radius 3 is 2.78 bits per heavy atom. The van der Waals surface area contributed by atoms with Gasteiger partial charge in [-0.15, -0.1) is 0 Å². The van der Waals surface area contributed by atoms with E-state index < -0.39 is 11.6 Å². The first-order chi connectivity index (χ1) is 8.74. The van der Waals surface area contributed by atoms with Crippen molar-refractivity contribution in [2.75, 3.05) is 0 Å². The molecule has 3 rings (SSSR count). The van der Waals surface area contributed by atoms with Gasteiger partial charge in [-0.3, -0.25) is 5.10 Å². The summed E-state index contributed by atoms with van der Waals surface area (Å²) in [5.41, 5.74) is 0.284. The summed E-state index contributed by atoms with van der Waals surface area (Å²) in [7, 11) is 0. The van der Waals surface area contributed by atoms with E-state index in [0.717, 1.165) is 12.1 Å². The molecular formula is C10H5F2N5O. The van der Waals surface area contributed by atoms with Crippen LogP contribution in [0.25, 0.3) is 23.1 Å². The quantitative estimate of drug-likeness (QED) is 0.748. The topological polar surface area (TPSA) is 80.5 Å². The molecule has 0 aliphatic heterocycles. The number of benzene rings is 1. The van der Waals surface area contributed by atoms with Crippen LogP contribution >= 0.6 is 0 Å². The minimum atomic E-state index is -0.980. The summed E-state index contributed by atoms with van der Waals surface area (Å²) in [6.45, 7) is 0. The van der Waals surface area contributed by atoms with Crippen molar-refractivity contribution < 1.29 is 13.3 Å². The molecule has 6 nitrogen and oxygen atoms in total. The Kier molecular flexibility index (Phi) is 2.33. The number of aromatic amines is 1. The van der Waals surface area contributed by atoms with Crippen molar-refractivity contribution in [3.05, 3.63) is 36.2 Å². The van der Waals surface area contributed by atoms with E-state index in [1.54, 1.807) is 0 Å². The Balaban J connectivity index is 2.00. The lowest BCUT2D eigenvalue weighted by molar-refractivity contribution is 0.431. The molecule has 0 aliphatic rings. The molecule has 0 radical (unpaired) electrons. The monoisotopic (exact) mass is 249 g/mol. The average molecular weight is 249 g/mol. The maximum Gasteiger partial charge on any atom is 0.258 e. The van der Waals surface area contributed by atoms with Crippen LogP contribution in [0.1, 0.15) is 0 Å². The fourth-order valence-electron chi connectivity index (χ4n) is 1.38. The molecule has 90 valence electrons. The zero-order chi connectivity index (χ0) is 12.5. The molecule has 0 amide bonds. The SMILES string of the molecule is Fc1ccc(-c2nc(-c3ncn[nH]3)no2)cc1F. The molecule has 3 aromatic rings. The highest BCUT2D eigenvalue weighted by molar-refractivity contribution is 5.55. The van der Waals surface area contributed by atoms with E-state index in [2.05, 4.69) is 25.3 Å². The van der Waals surface area contributed by atoms with Gasteiger partial charge in [-0.1, -0.05) is 5.16 Å². The normalized spacial score (nSPS) is 10.8. The first-order valence-electron chi connectivity index (χ1n) is 4.89. The van der Waals surface area contributed by atoms with Gasteiger partial charge in [0.05, 0.1) is 0 Å².